The lowest BCUT2D eigenvalue weighted by molar-refractivity contribution is -0.145. The number of rotatable bonds is 9. The molecule has 11 heteroatoms. The van der Waals surface area contributed by atoms with Crippen LogP contribution in [0.1, 0.15) is 32.4 Å². The molecule has 1 aromatic carbocycles. The van der Waals surface area contributed by atoms with Crippen molar-refractivity contribution in [1.29, 1.82) is 0 Å². The number of nitrogens with one attached hydrogen (secondary N) is 2. The number of nitrogens with zero attached hydrogens (tertiary/aromatic N) is 1. The van der Waals surface area contributed by atoms with Crippen molar-refractivity contribution in [3.8, 4) is 11.5 Å². The first-order valence-electron chi connectivity index (χ1n) is 11.4. The topological polar surface area (TPSA) is 108 Å². The summed E-state index contributed by atoms with van der Waals surface area (Å²) in [6.45, 7) is 7.00. The number of esters is 1. The van der Waals surface area contributed by atoms with E-state index in [0.29, 0.717) is 47.6 Å². The zero-order valence-corrected chi connectivity index (χ0v) is 21.5. The Kier molecular flexibility index (Phi) is 9.30. The molecule has 10 nitrogen and oxygen atoms in total. The van der Waals surface area contributed by atoms with Crippen LogP contribution in [-0.2, 0) is 23.8 Å². The van der Waals surface area contributed by atoms with Crippen LogP contribution in [0.25, 0.3) is 0 Å². The molecular formula is C24H33N3O7S. The molecule has 3 unspecified atom stereocenters. The standard InChI is InChI=1S/C24H33N3O7S/c1-14-11-27(12-15(2)34-14)20(28)13-33-18-7-6-17(10-19(18)31-5)22-21(16(3)25-24(35)26-22)23(29)32-9-8-30-4/h6-7,10,14-15,22H,8-9,11-13H2,1-5H3,(H2,25,26,35). The van der Waals surface area contributed by atoms with Crippen molar-refractivity contribution in [2.75, 3.05) is 47.1 Å². The SMILES string of the molecule is COCCOC(=O)C1=C(C)NC(=S)NC1c1ccc(OCC(=O)N2CC(C)OC(C)C2)c(OC)c1. The smallest absolute Gasteiger partial charge is 0.338 e. The second-order valence-electron chi connectivity index (χ2n) is 8.45. The maximum atomic E-state index is 12.8. The van der Waals surface area contributed by atoms with Crippen molar-refractivity contribution in [3.63, 3.8) is 0 Å². The lowest BCUT2D eigenvalue weighted by Gasteiger charge is -2.35. The molecule has 2 aliphatic heterocycles. The minimum atomic E-state index is -0.556. The second kappa shape index (κ2) is 12.2. The van der Waals surface area contributed by atoms with Crippen LogP contribution in [0.2, 0.25) is 0 Å². The van der Waals surface area contributed by atoms with Crippen molar-refractivity contribution in [2.45, 2.75) is 39.0 Å². The van der Waals surface area contributed by atoms with Gasteiger partial charge in [0.15, 0.2) is 23.2 Å². The van der Waals surface area contributed by atoms with Crippen molar-refractivity contribution in [2.24, 2.45) is 0 Å². The number of hydrogen-bond acceptors (Lipinski definition) is 8. The lowest BCUT2D eigenvalue weighted by Crippen LogP contribution is -2.49. The highest BCUT2D eigenvalue weighted by Crippen LogP contribution is 2.34. The third-order valence-electron chi connectivity index (χ3n) is 5.65. The third-order valence-corrected chi connectivity index (χ3v) is 5.87. The molecule has 0 saturated carbocycles. The zero-order valence-electron chi connectivity index (χ0n) is 20.7. The molecule has 0 radical (unpaired) electrons. The van der Waals surface area contributed by atoms with Crippen molar-refractivity contribution in [1.82, 2.24) is 15.5 Å². The Morgan fingerprint density at radius 1 is 1.14 bits per heavy atom. The van der Waals surface area contributed by atoms with Gasteiger partial charge in [-0.25, -0.2) is 4.79 Å². The quantitative estimate of drug-likeness (QED) is 0.291. The van der Waals surface area contributed by atoms with Crippen LogP contribution >= 0.6 is 12.2 Å². The van der Waals surface area contributed by atoms with Gasteiger partial charge in [0.25, 0.3) is 5.91 Å². The Hall–Kier alpha value is -2.89. The van der Waals surface area contributed by atoms with Gasteiger partial charge in [0, 0.05) is 25.9 Å². The lowest BCUT2D eigenvalue weighted by atomic mass is 9.95. The van der Waals surface area contributed by atoms with Crippen molar-refractivity contribution >= 4 is 29.2 Å². The fourth-order valence-corrected chi connectivity index (χ4v) is 4.38. The van der Waals surface area contributed by atoms with Gasteiger partial charge >= 0.3 is 5.97 Å². The van der Waals surface area contributed by atoms with E-state index in [1.165, 1.54) is 14.2 Å². The average molecular weight is 508 g/mol. The van der Waals surface area contributed by atoms with Crippen LogP contribution in [0.15, 0.2) is 29.5 Å². The summed E-state index contributed by atoms with van der Waals surface area (Å²) in [5.74, 6) is 0.240. The van der Waals surface area contributed by atoms with Gasteiger partial charge in [-0.3, -0.25) is 4.79 Å². The first-order valence-corrected chi connectivity index (χ1v) is 11.8. The molecule has 192 valence electrons. The molecule has 0 bridgehead atoms. The first kappa shape index (κ1) is 26.7. The molecule has 2 aliphatic rings. The summed E-state index contributed by atoms with van der Waals surface area (Å²) in [6.07, 6.45) is -0.0426. The van der Waals surface area contributed by atoms with E-state index in [1.807, 2.05) is 13.8 Å². The van der Waals surface area contributed by atoms with Crippen LogP contribution in [-0.4, -0.2) is 81.2 Å². The molecule has 35 heavy (non-hydrogen) atoms. The summed E-state index contributed by atoms with van der Waals surface area (Å²) < 4.78 is 27.3. The summed E-state index contributed by atoms with van der Waals surface area (Å²) in [7, 11) is 3.05. The minimum absolute atomic E-state index is 0.0213. The largest absolute Gasteiger partial charge is 0.493 e. The van der Waals surface area contributed by atoms with Gasteiger partial charge < -0.3 is 39.2 Å². The average Bonchev–Trinajstić information content (AvgIpc) is 2.81. The van der Waals surface area contributed by atoms with Crippen LogP contribution in [0, 0.1) is 0 Å². The van der Waals surface area contributed by atoms with Gasteiger partial charge in [-0.05, 0) is 50.7 Å². The van der Waals surface area contributed by atoms with Crippen LogP contribution in [0.3, 0.4) is 0 Å². The molecule has 0 aliphatic carbocycles. The van der Waals surface area contributed by atoms with E-state index in [1.54, 1.807) is 30.0 Å². The Morgan fingerprint density at radius 2 is 1.86 bits per heavy atom. The van der Waals surface area contributed by atoms with E-state index in [0.717, 1.165) is 5.56 Å². The molecule has 0 spiro atoms. The Bertz CT molecular complexity index is 974. The maximum absolute atomic E-state index is 12.8. The predicted molar refractivity (Wildman–Crippen MR) is 132 cm³/mol. The number of ether oxygens (including phenoxy) is 5. The number of carbonyl (C=O) groups is 2. The minimum Gasteiger partial charge on any atom is -0.493 e. The van der Waals surface area contributed by atoms with Gasteiger partial charge in [0.05, 0.1) is 37.5 Å². The van der Waals surface area contributed by atoms with Crippen LogP contribution in [0.4, 0.5) is 0 Å². The van der Waals surface area contributed by atoms with E-state index in [-0.39, 0.29) is 31.3 Å². The molecule has 0 aromatic heterocycles. The molecular weight excluding hydrogens is 474 g/mol. The van der Waals surface area contributed by atoms with Gasteiger partial charge in [-0.1, -0.05) is 6.07 Å². The maximum Gasteiger partial charge on any atom is 0.338 e. The van der Waals surface area contributed by atoms with Gasteiger partial charge in [0.1, 0.15) is 6.61 Å². The first-order chi connectivity index (χ1) is 16.7. The van der Waals surface area contributed by atoms with Gasteiger partial charge in [-0.2, -0.15) is 0 Å². The third kappa shape index (κ3) is 6.83. The molecule has 2 N–H and O–H groups in total. The van der Waals surface area contributed by atoms with Crippen LogP contribution < -0.4 is 20.1 Å². The van der Waals surface area contributed by atoms with E-state index < -0.39 is 12.0 Å². The number of benzene rings is 1. The second-order valence-corrected chi connectivity index (χ2v) is 8.86. The normalized spacial score (nSPS) is 22.3. The highest BCUT2D eigenvalue weighted by molar-refractivity contribution is 7.80. The number of allylic oxidation sites excluding steroid dienone is 1. The monoisotopic (exact) mass is 507 g/mol. The molecule has 1 aromatic rings. The van der Waals surface area contributed by atoms with Gasteiger partial charge in [-0.15, -0.1) is 0 Å². The van der Waals surface area contributed by atoms with E-state index in [4.69, 9.17) is 35.9 Å². The summed E-state index contributed by atoms with van der Waals surface area (Å²) in [5.41, 5.74) is 1.72. The summed E-state index contributed by atoms with van der Waals surface area (Å²) in [5, 5.41) is 6.48. The molecule has 1 fully saturated rings. The van der Waals surface area contributed by atoms with Crippen molar-refractivity contribution in [3.05, 3.63) is 35.0 Å². The number of carbonyl (C=O) groups excluding carboxylic acids is 2. The summed E-state index contributed by atoms with van der Waals surface area (Å²) in [4.78, 5) is 27.2. The molecule has 1 saturated heterocycles. The molecule has 2 heterocycles. The Labute approximate surface area is 210 Å². The van der Waals surface area contributed by atoms with E-state index in [9.17, 15) is 9.59 Å². The molecule has 3 rings (SSSR count). The Morgan fingerprint density at radius 3 is 2.51 bits per heavy atom. The van der Waals surface area contributed by atoms with Crippen molar-refractivity contribution < 1.29 is 33.3 Å². The summed E-state index contributed by atoms with van der Waals surface area (Å²) in [6, 6.07) is 4.70. The Balaban J connectivity index is 1.75. The van der Waals surface area contributed by atoms with E-state index in [2.05, 4.69) is 10.6 Å². The predicted octanol–water partition coefficient (Wildman–Crippen LogP) is 1.69. The molecule has 3 atom stereocenters. The number of methoxy groups -OCH3 is 2. The fraction of sp³-hybridized carbons (Fsp3) is 0.542. The van der Waals surface area contributed by atoms with Gasteiger partial charge in [0.2, 0.25) is 0 Å². The number of thiocarbonyl (C=S) groups is 1. The highest BCUT2D eigenvalue weighted by atomic mass is 32.1. The summed E-state index contributed by atoms with van der Waals surface area (Å²) >= 11 is 5.31. The molecule has 1 amide bonds. The fourth-order valence-electron chi connectivity index (χ4n) is 4.11. The number of morpholine rings is 1. The zero-order chi connectivity index (χ0) is 25.5. The van der Waals surface area contributed by atoms with E-state index >= 15 is 0 Å². The highest BCUT2D eigenvalue weighted by Gasteiger charge is 2.32. The number of amides is 1. The number of hydrogen-bond donors (Lipinski definition) is 2. The van der Waals surface area contributed by atoms with Crippen LogP contribution in [0.5, 0.6) is 11.5 Å².